The Balaban J connectivity index is 1.42. The van der Waals surface area contributed by atoms with E-state index in [9.17, 15) is 0 Å². The van der Waals surface area contributed by atoms with E-state index in [4.69, 9.17) is 10.1 Å². The van der Waals surface area contributed by atoms with Crippen molar-refractivity contribution in [1.29, 1.82) is 0 Å². The van der Waals surface area contributed by atoms with Gasteiger partial charge in [0.15, 0.2) is 11.6 Å². The second-order valence-corrected chi connectivity index (χ2v) is 12.0. The Bertz CT molecular complexity index is 1330. The summed E-state index contributed by atoms with van der Waals surface area (Å²) >= 11 is 0. The molecule has 39 heavy (non-hydrogen) atoms. The first-order chi connectivity index (χ1) is 18.8. The predicted octanol–water partition coefficient (Wildman–Crippen LogP) is 5.53. The summed E-state index contributed by atoms with van der Waals surface area (Å²) in [4.78, 5) is 12.6. The molecule has 3 aliphatic rings. The third kappa shape index (κ3) is 4.98. The maximum Gasteiger partial charge on any atom is 0.165 e. The van der Waals surface area contributed by atoms with Gasteiger partial charge in [0, 0.05) is 49.5 Å². The lowest BCUT2D eigenvalue weighted by Gasteiger charge is -2.46. The van der Waals surface area contributed by atoms with Gasteiger partial charge in [0.05, 0.1) is 29.6 Å². The maximum atomic E-state index is 5.19. The minimum Gasteiger partial charge on any atom is -0.359 e. The zero-order valence-corrected chi connectivity index (χ0v) is 24.2. The number of hydrogen-bond donors (Lipinski definition) is 1. The number of aryl methyl sites for hydroxylation is 1. The van der Waals surface area contributed by atoms with Crippen LogP contribution < -0.4 is 15.1 Å². The van der Waals surface area contributed by atoms with Gasteiger partial charge in [-0.1, -0.05) is 37.1 Å². The molecular weight excluding hydrogens is 482 g/mol. The summed E-state index contributed by atoms with van der Waals surface area (Å²) in [6.07, 6.45) is 5.10. The summed E-state index contributed by atoms with van der Waals surface area (Å²) in [6, 6.07) is 17.1. The van der Waals surface area contributed by atoms with Gasteiger partial charge in [0.25, 0.3) is 0 Å². The third-order valence-corrected chi connectivity index (χ3v) is 8.85. The van der Waals surface area contributed by atoms with Crippen LogP contribution in [0, 0.1) is 6.92 Å². The first-order valence-electron chi connectivity index (χ1n) is 14.6. The van der Waals surface area contributed by atoms with Gasteiger partial charge >= 0.3 is 0 Å². The molecule has 1 saturated carbocycles. The molecule has 2 aromatic carbocycles. The molecule has 2 aliphatic heterocycles. The monoisotopic (exact) mass is 525 g/mol. The Morgan fingerprint density at radius 1 is 0.949 bits per heavy atom. The highest BCUT2D eigenvalue weighted by Crippen LogP contribution is 2.44. The summed E-state index contributed by atoms with van der Waals surface area (Å²) in [5, 5.41) is 8.72. The molecule has 1 aromatic heterocycles. The number of anilines is 2. The molecule has 3 heterocycles. The summed E-state index contributed by atoms with van der Waals surface area (Å²) < 4.78 is 2.04. The van der Waals surface area contributed by atoms with Gasteiger partial charge in [-0.15, -0.1) is 5.10 Å². The van der Waals surface area contributed by atoms with E-state index >= 15 is 0 Å². The zero-order chi connectivity index (χ0) is 27.3. The van der Waals surface area contributed by atoms with Crippen LogP contribution in [-0.4, -0.2) is 64.0 Å². The number of benzene rings is 2. The molecule has 0 bridgehead atoms. The smallest absolute Gasteiger partial charge is 0.165 e. The largest absolute Gasteiger partial charge is 0.359 e. The van der Waals surface area contributed by atoms with Crippen molar-refractivity contribution in [3.63, 3.8) is 0 Å². The quantitative estimate of drug-likeness (QED) is 0.473. The van der Waals surface area contributed by atoms with Crippen LogP contribution in [0.25, 0.3) is 17.1 Å². The number of nitrogens with one attached hydrogen (secondary N) is 1. The molecule has 0 spiro atoms. The molecule has 7 heteroatoms. The van der Waals surface area contributed by atoms with E-state index in [1.165, 1.54) is 42.6 Å². The van der Waals surface area contributed by atoms with Crippen molar-refractivity contribution >= 4 is 11.4 Å². The molecule has 3 atom stereocenters. The SMILES string of the molecule is C=C1[C@@H](C)N(C2CCCC2)c2cc(-c3nc(CN4C[C@@H](C)N[C@@H](C)C4)nn3-c3ccc(C)cc3)ccc2N1C. The number of likely N-dealkylation sites (N-methyl/N-ethyl adjacent to an activating group) is 1. The van der Waals surface area contributed by atoms with Crippen LogP contribution in [0.5, 0.6) is 0 Å². The fraction of sp³-hybridized carbons (Fsp3) is 0.500. The van der Waals surface area contributed by atoms with Crippen molar-refractivity contribution < 1.29 is 0 Å². The van der Waals surface area contributed by atoms with Crippen LogP contribution in [0.1, 0.15) is 57.8 Å². The molecule has 1 aliphatic carbocycles. The van der Waals surface area contributed by atoms with E-state index in [0.717, 1.165) is 48.2 Å². The summed E-state index contributed by atoms with van der Waals surface area (Å²) in [7, 11) is 2.14. The standard InChI is InChI=1S/C32H43N7/c1-21-11-14-28(15-12-21)39-32(34-31(35-39)20-37-18-22(2)33-23(3)19-37)26-13-16-29-30(17-26)38(27-9-7-8-10-27)25(5)24(4)36(29)6/h11-17,22-23,25,27,33H,4,7-10,18-20H2,1-3,5-6H3/t22-,23+,25-/m1/s1. The summed E-state index contributed by atoms with van der Waals surface area (Å²) in [5.74, 6) is 1.77. The van der Waals surface area contributed by atoms with Crippen molar-refractivity contribution in [2.75, 3.05) is 29.9 Å². The molecule has 0 amide bonds. The number of aromatic nitrogens is 3. The molecule has 6 rings (SSSR count). The number of nitrogens with zero attached hydrogens (tertiary/aromatic N) is 6. The first-order valence-corrected chi connectivity index (χ1v) is 14.6. The number of rotatable bonds is 5. The van der Waals surface area contributed by atoms with Crippen molar-refractivity contribution in [3.05, 3.63) is 66.1 Å². The zero-order valence-electron chi connectivity index (χ0n) is 24.2. The van der Waals surface area contributed by atoms with Gasteiger partial charge in [-0.3, -0.25) is 4.90 Å². The number of fused-ring (bicyclic) bond motifs is 1. The van der Waals surface area contributed by atoms with E-state index in [2.05, 4.69) is 104 Å². The van der Waals surface area contributed by atoms with Gasteiger partial charge in [0.1, 0.15) is 0 Å². The molecule has 1 N–H and O–H groups in total. The van der Waals surface area contributed by atoms with Gasteiger partial charge in [0.2, 0.25) is 0 Å². The van der Waals surface area contributed by atoms with E-state index in [1.54, 1.807) is 0 Å². The van der Waals surface area contributed by atoms with Crippen molar-refractivity contribution in [1.82, 2.24) is 25.0 Å². The summed E-state index contributed by atoms with van der Waals surface area (Å²) in [6.45, 7) is 16.1. The molecule has 206 valence electrons. The van der Waals surface area contributed by atoms with Crippen molar-refractivity contribution in [3.8, 4) is 17.1 Å². The van der Waals surface area contributed by atoms with Gasteiger partial charge in [-0.05, 0) is 70.9 Å². The van der Waals surface area contributed by atoms with E-state index < -0.39 is 0 Å². The van der Waals surface area contributed by atoms with Crippen molar-refractivity contribution in [2.45, 2.75) is 84.1 Å². The van der Waals surface area contributed by atoms with Crippen LogP contribution in [-0.2, 0) is 6.54 Å². The molecule has 0 radical (unpaired) electrons. The fourth-order valence-electron chi connectivity index (χ4n) is 6.90. The second kappa shape index (κ2) is 10.4. The molecular formula is C32H43N7. The number of hydrogen-bond acceptors (Lipinski definition) is 6. The van der Waals surface area contributed by atoms with Crippen LogP contribution in [0.3, 0.4) is 0 Å². The highest BCUT2D eigenvalue weighted by Gasteiger charge is 2.35. The Hall–Kier alpha value is -3.16. The van der Waals surface area contributed by atoms with Crippen LogP contribution in [0.4, 0.5) is 11.4 Å². The Morgan fingerprint density at radius 3 is 2.33 bits per heavy atom. The highest BCUT2D eigenvalue weighted by molar-refractivity contribution is 5.82. The van der Waals surface area contributed by atoms with Crippen LogP contribution in [0.15, 0.2) is 54.7 Å². The van der Waals surface area contributed by atoms with Gasteiger partial charge < -0.3 is 15.1 Å². The minimum absolute atomic E-state index is 0.267. The molecule has 3 aromatic rings. The average Bonchev–Trinajstić information content (AvgIpc) is 3.58. The molecule has 7 nitrogen and oxygen atoms in total. The second-order valence-electron chi connectivity index (χ2n) is 12.0. The maximum absolute atomic E-state index is 5.19. The highest BCUT2D eigenvalue weighted by atomic mass is 15.4. The predicted molar refractivity (Wildman–Crippen MR) is 161 cm³/mol. The third-order valence-electron chi connectivity index (χ3n) is 8.85. The lowest BCUT2D eigenvalue weighted by Crippen LogP contribution is -2.53. The molecule has 0 unspecified atom stereocenters. The minimum atomic E-state index is 0.267. The number of piperazine rings is 1. The van der Waals surface area contributed by atoms with Gasteiger partial charge in [-0.2, -0.15) is 0 Å². The van der Waals surface area contributed by atoms with Gasteiger partial charge in [-0.25, -0.2) is 9.67 Å². The van der Waals surface area contributed by atoms with Crippen molar-refractivity contribution in [2.24, 2.45) is 0 Å². The van der Waals surface area contributed by atoms with E-state index in [0.29, 0.717) is 18.1 Å². The Kier molecular flexibility index (Phi) is 6.98. The topological polar surface area (TPSA) is 52.5 Å². The lowest BCUT2D eigenvalue weighted by atomic mass is 9.99. The van der Waals surface area contributed by atoms with Crippen LogP contribution in [0.2, 0.25) is 0 Å². The van der Waals surface area contributed by atoms with Crippen LogP contribution >= 0.6 is 0 Å². The molecule has 2 fully saturated rings. The normalized spacial score (nSPS) is 24.4. The lowest BCUT2D eigenvalue weighted by molar-refractivity contribution is 0.163. The Morgan fingerprint density at radius 2 is 1.64 bits per heavy atom. The summed E-state index contributed by atoms with van der Waals surface area (Å²) in [5.41, 5.74) is 7.05. The Labute approximate surface area is 233 Å². The van der Waals surface area contributed by atoms with E-state index in [1.807, 2.05) is 4.68 Å². The molecule has 1 saturated heterocycles. The average molecular weight is 526 g/mol. The first kappa shape index (κ1) is 26.1. The van der Waals surface area contributed by atoms with E-state index in [-0.39, 0.29) is 6.04 Å². The fourth-order valence-corrected chi connectivity index (χ4v) is 6.90.